The van der Waals surface area contributed by atoms with E-state index in [1.165, 1.54) is 14.2 Å². The third-order valence-corrected chi connectivity index (χ3v) is 7.24. The zero-order chi connectivity index (χ0) is 12.3. The van der Waals surface area contributed by atoms with Crippen molar-refractivity contribution in [2.75, 3.05) is 0 Å². The Kier molecular flexibility index (Phi) is 3.13. The molecule has 1 fully saturated rings. The molecule has 1 saturated carbocycles. The lowest BCUT2D eigenvalue weighted by Crippen LogP contribution is -1.99. The van der Waals surface area contributed by atoms with Crippen LogP contribution in [0.25, 0.3) is 0 Å². The minimum Gasteiger partial charge on any atom is -0.133 e. The van der Waals surface area contributed by atoms with Gasteiger partial charge in [-0.15, -0.1) is 11.3 Å². The zero-order valence-corrected chi connectivity index (χ0v) is 14.4. The van der Waals surface area contributed by atoms with Crippen LogP contribution in [-0.2, 0) is 0 Å². The molecule has 1 aromatic rings. The van der Waals surface area contributed by atoms with Gasteiger partial charge in [-0.2, -0.15) is 0 Å². The van der Waals surface area contributed by atoms with Crippen molar-refractivity contribution in [1.29, 1.82) is 0 Å². The first kappa shape index (κ1) is 13.1. The van der Waals surface area contributed by atoms with Crippen molar-refractivity contribution in [3.63, 3.8) is 0 Å². The monoisotopic (exact) mass is 364 g/mol. The molecule has 1 atom stereocenters. The van der Waals surface area contributed by atoms with Crippen LogP contribution in [-0.4, -0.2) is 0 Å². The fourth-order valence-corrected chi connectivity index (χ4v) is 6.60. The average molecular weight is 366 g/mol. The summed E-state index contributed by atoms with van der Waals surface area (Å²) in [7, 11) is 0. The van der Waals surface area contributed by atoms with Crippen molar-refractivity contribution in [3.8, 4) is 0 Å². The summed E-state index contributed by atoms with van der Waals surface area (Å²) in [5, 5.41) is 0. The summed E-state index contributed by atoms with van der Waals surface area (Å²) in [4.78, 5) is 1.91. The summed E-state index contributed by atoms with van der Waals surface area (Å²) in [6.45, 7) is 11.7. The van der Waals surface area contributed by atoms with Gasteiger partial charge >= 0.3 is 0 Å². The van der Waals surface area contributed by atoms with Gasteiger partial charge in [0, 0.05) is 9.70 Å². The average Bonchev–Trinajstić information content (AvgIpc) is 2.37. The molecule has 2 rings (SSSR count). The van der Waals surface area contributed by atoms with Gasteiger partial charge in [0.2, 0.25) is 0 Å². The standard InChI is InChI=1S/C13H18Br2S/c1-7-8(6-9(14)16-7)10(15)11-12(2,3)13(11,4)5/h6,10-11H,1-5H3. The second-order valence-electron chi connectivity index (χ2n) is 5.88. The normalized spacial score (nSPS) is 24.4. The Balaban J connectivity index is 2.29. The molecule has 0 spiro atoms. The summed E-state index contributed by atoms with van der Waals surface area (Å²) in [6.07, 6.45) is 0. The number of rotatable bonds is 2. The Morgan fingerprint density at radius 2 is 1.75 bits per heavy atom. The molecule has 0 N–H and O–H groups in total. The second kappa shape index (κ2) is 3.83. The van der Waals surface area contributed by atoms with Gasteiger partial charge in [0.05, 0.1) is 3.79 Å². The molecule has 16 heavy (non-hydrogen) atoms. The largest absolute Gasteiger partial charge is 0.133 e. The predicted molar refractivity (Wildman–Crippen MR) is 79.5 cm³/mol. The summed E-state index contributed by atoms with van der Waals surface area (Å²) in [6, 6.07) is 2.27. The van der Waals surface area contributed by atoms with Gasteiger partial charge in [0.25, 0.3) is 0 Å². The molecule has 1 aromatic heterocycles. The zero-order valence-electron chi connectivity index (χ0n) is 10.4. The summed E-state index contributed by atoms with van der Waals surface area (Å²) < 4.78 is 1.24. The highest BCUT2D eigenvalue weighted by Gasteiger charge is 2.67. The molecule has 1 aliphatic carbocycles. The quantitative estimate of drug-likeness (QED) is 0.569. The van der Waals surface area contributed by atoms with E-state index in [1.807, 2.05) is 11.3 Å². The van der Waals surface area contributed by atoms with Crippen LogP contribution in [0, 0.1) is 23.7 Å². The first-order chi connectivity index (χ1) is 7.19. The molecule has 0 bridgehead atoms. The fraction of sp³-hybridized carbons (Fsp3) is 0.692. The van der Waals surface area contributed by atoms with Crippen molar-refractivity contribution in [1.82, 2.24) is 0 Å². The van der Waals surface area contributed by atoms with Crippen LogP contribution < -0.4 is 0 Å². The van der Waals surface area contributed by atoms with E-state index in [0.29, 0.717) is 15.7 Å². The Bertz CT molecular complexity index is 404. The fourth-order valence-electron chi connectivity index (χ4n) is 2.89. The summed E-state index contributed by atoms with van der Waals surface area (Å²) in [5.74, 6) is 0.722. The molecule has 3 heteroatoms. The number of hydrogen-bond acceptors (Lipinski definition) is 1. The van der Waals surface area contributed by atoms with Crippen LogP contribution in [0.3, 0.4) is 0 Å². The molecule has 0 aliphatic heterocycles. The lowest BCUT2D eigenvalue weighted by atomic mass is 10.0. The predicted octanol–water partition coefficient (Wildman–Crippen LogP) is 5.94. The molecule has 90 valence electrons. The van der Waals surface area contributed by atoms with E-state index in [4.69, 9.17) is 0 Å². The maximum absolute atomic E-state index is 3.91. The number of aryl methyl sites for hydroxylation is 1. The molecule has 0 amide bonds. The SMILES string of the molecule is Cc1sc(Br)cc1C(Br)C1C(C)(C)C1(C)C. The first-order valence-electron chi connectivity index (χ1n) is 5.59. The molecule has 0 aromatic carbocycles. The van der Waals surface area contributed by atoms with Crippen LogP contribution in [0.2, 0.25) is 0 Å². The van der Waals surface area contributed by atoms with Crippen molar-refractivity contribution < 1.29 is 0 Å². The highest BCUT2D eigenvalue weighted by Crippen LogP contribution is 2.74. The third-order valence-electron chi connectivity index (χ3n) is 4.65. The molecule has 0 radical (unpaired) electrons. The lowest BCUT2D eigenvalue weighted by molar-refractivity contribution is 0.457. The minimum absolute atomic E-state index is 0.433. The maximum Gasteiger partial charge on any atom is 0.0704 e. The molecule has 1 heterocycles. The van der Waals surface area contributed by atoms with Crippen LogP contribution in [0.15, 0.2) is 9.85 Å². The van der Waals surface area contributed by atoms with E-state index in [-0.39, 0.29) is 0 Å². The molecular formula is C13H18Br2S. The van der Waals surface area contributed by atoms with Gasteiger partial charge in [-0.3, -0.25) is 0 Å². The number of hydrogen-bond donors (Lipinski definition) is 0. The van der Waals surface area contributed by atoms with Crippen molar-refractivity contribution >= 4 is 43.2 Å². The number of alkyl halides is 1. The Morgan fingerprint density at radius 3 is 2.06 bits per heavy atom. The minimum atomic E-state index is 0.433. The molecular weight excluding hydrogens is 348 g/mol. The Hall–Kier alpha value is 0.660. The van der Waals surface area contributed by atoms with Crippen molar-refractivity contribution in [2.45, 2.75) is 39.4 Å². The maximum atomic E-state index is 3.91. The van der Waals surface area contributed by atoms with Gasteiger partial charge in [-0.25, -0.2) is 0 Å². The molecule has 0 saturated heterocycles. The summed E-state index contributed by atoms with van der Waals surface area (Å²) >= 11 is 9.32. The first-order valence-corrected chi connectivity index (χ1v) is 8.12. The molecule has 0 nitrogen and oxygen atoms in total. The highest BCUT2D eigenvalue weighted by molar-refractivity contribution is 9.11. The van der Waals surface area contributed by atoms with Gasteiger partial charge in [0.1, 0.15) is 0 Å². The van der Waals surface area contributed by atoms with Crippen LogP contribution in [0.5, 0.6) is 0 Å². The van der Waals surface area contributed by atoms with Crippen molar-refractivity contribution in [3.05, 3.63) is 20.3 Å². The number of halogens is 2. The summed E-state index contributed by atoms with van der Waals surface area (Å²) in [5.41, 5.74) is 2.32. The van der Waals surface area contributed by atoms with Gasteiger partial charge in [0.15, 0.2) is 0 Å². The smallest absolute Gasteiger partial charge is 0.0704 e. The lowest BCUT2D eigenvalue weighted by Gasteiger charge is -2.11. The van der Waals surface area contributed by atoms with Crippen LogP contribution >= 0.6 is 43.2 Å². The van der Waals surface area contributed by atoms with Gasteiger partial charge < -0.3 is 0 Å². The molecule has 1 aliphatic rings. The Labute approximate surface area is 119 Å². The Morgan fingerprint density at radius 1 is 1.25 bits per heavy atom. The van der Waals surface area contributed by atoms with E-state index in [9.17, 15) is 0 Å². The second-order valence-corrected chi connectivity index (χ2v) is 9.51. The van der Waals surface area contributed by atoms with E-state index >= 15 is 0 Å². The van der Waals surface area contributed by atoms with E-state index < -0.39 is 0 Å². The highest BCUT2D eigenvalue weighted by atomic mass is 79.9. The topological polar surface area (TPSA) is 0 Å². The van der Waals surface area contributed by atoms with Gasteiger partial charge in [-0.1, -0.05) is 43.6 Å². The van der Waals surface area contributed by atoms with Gasteiger partial charge in [-0.05, 0) is 51.2 Å². The molecule has 1 unspecified atom stereocenters. The van der Waals surface area contributed by atoms with Crippen LogP contribution in [0.4, 0.5) is 0 Å². The van der Waals surface area contributed by atoms with Crippen molar-refractivity contribution in [2.24, 2.45) is 16.7 Å². The third kappa shape index (κ3) is 1.74. The van der Waals surface area contributed by atoms with E-state index in [0.717, 1.165) is 5.92 Å². The number of thiophene rings is 1. The van der Waals surface area contributed by atoms with E-state index in [2.05, 4.69) is 72.5 Å². The van der Waals surface area contributed by atoms with E-state index in [1.54, 1.807) is 0 Å². The van der Waals surface area contributed by atoms with Crippen LogP contribution in [0.1, 0.15) is 43.0 Å².